The van der Waals surface area contributed by atoms with Crippen LogP contribution in [0.2, 0.25) is 5.02 Å². The molecule has 21 heavy (non-hydrogen) atoms. The molecule has 0 unspecified atom stereocenters. The monoisotopic (exact) mass is 321 g/mol. The first-order chi connectivity index (χ1) is 10.0. The van der Waals surface area contributed by atoms with Gasteiger partial charge < -0.3 is 5.32 Å². The number of rotatable bonds is 2. The molecule has 108 valence electrons. The Morgan fingerprint density at radius 2 is 1.95 bits per heavy atom. The number of amides is 2. The first kappa shape index (κ1) is 13.8. The van der Waals surface area contributed by atoms with Crippen LogP contribution in [-0.2, 0) is 0 Å². The second-order valence-corrected chi connectivity index (χ2v) is 6.08. The van der Waals surface area contributed by atoms with Gasteiger partial charge in [0.1, 0.15) is 0 Å². The highest BCUT2D eigenvalue weighted by Crippen LogP contribution is 2.21. The molecule has 0 saturated heterocycles. The van der Waals surface area contributed by atoms with E-state index in [0.29, 0.717) is 10.7 Å². The van der Waals surface area contributed by atoms with Gasteiger partial charge in [-0.05, 0) is 38.1 Å². The molecule has 2 heterocycles. The summed E-state index contributed by atoms with van der Waals surface area (Å²) in [5, 5.41) is 10.2. The molecule has 0 aliphatic rings. The van der Waals surface area contributed by atoms with E-state index in [1.54, 1.807) is 28.8 Å². The fourth-order valence-electron chi connectivity index (χ4n) is 1.79. The molecule has 0 bridgehead atoms. The average molecular weight is 322 g/mol. The second-order valence-electron chi connectivity index (χ2n) is 4.46. The number of anilines is 2. The summed E-state index contributed by atoms with van der Waals surface area (Å²) < 4.78 is 1.72. The minimum absolute atomic E-state index is 0.274. The lowest BCUT2D eigenvalue weighted by Gasteiger charge is -2.04. The molecular weight excluding hydrogens is 310 g/mol. The Balaban J connectivity index is 1.72. The number of nitrogens with one attached hydrogen (secondary N) is 2. The Morgan fingerprint density at radius 1 is 1.24 bits per heavy atom. The fourth-order valence-corrected chi connectivity index (χ4v) is 2.82. The Hall–Kier alpha value is -2.12. The van der Waals surface area contributed by atoms with Gasteiger partial charge in [0.2, 0.25) is 4.96 Å². The SMILES string of the molecule is Cc1sc2nc(NC(=O)Nc3ccc(Cl)cc3)nn2c1C. The maximum Gasteiger partial charge on any atom is 0.326 e. The van der Waals surface area contributed by atoms with E-state index in [4.69, 9.17) is 11.6 Å². The molecular formula is C13H12ClN5OS. The molecule has 0 aliphatic heterocycles. The van der Waals surface area contributed by atoms with Gasteiger partial charge in [0.25, 0.3) is 5.95 Å². The Kier molecular flexibility index (Phi) is 3.52. The molecule has 0 saturated carbocycles. The summed E-state index contributed by atoms with van der Waals surface area (Å²) in [5.41, 5.74) is 1.67. The van der Waals surface area contributed by atoms with Gasteiger partial charge in [-0.3, -0.25) is 5.32 Å². The van der Waals surface area contributed by atoms with Gasteiger partial charge in [-0.25, -0.2) is 9.31 Å². The van der Waals surface area contributed by atoms with Crippen LogP contribution in [0.1, 0.15) is 10.6 Å². The Labute approximate surface area is 129 Å². The largest absolute Gasteiger partial charge is 0.326 e. The van der Waals surface area contributed by atoms with Crippen molar-refractivity contribution in [3.63, 3.8) is 0 Å². The second kappa shape index (κ2) is 5.34. The quantitative estimate of drug-likeness (QED) is 0.756. The maximum absolute atomic E-state index is 11.9. The molecule has 3 aromatic rings. The van der Waals surface area contributed by atoms with Gasteiger partial charge in [0.05, 0.1) is 5.69 Å². The number of thiazole rings is 1. The predicted molar refractivity (Wildman–Crippen MR) is 84.4 cm³/mol. The maximum atomic E-state index is 11.9. The van der Waals surface area contributed by atoms with E-state index >= 15 is 0 Å². The molecule has 0 radical (unpaired) electrons. The van der Waals surface area contributed by atoms with E-state index in [-0.39, 0.29) is 5.95 Å². The van der Waals surface area contributed by atoms with Crippen LogP contribution in [0, 0.1) is 13.8 Å². The van der Waals surface area contributed by atoms with Gasteiger partial charge in [-0.1, -0.05) is 22.9 Å². The molecule has 0 spiro atoms. The van der Waals surface area contributed by atoms with Gasteiger partial charge in [-0.15, -0.1) is 5.10 Å². The van der Waals surface area contributed by atoms with E-state index < -0.39 is 6.03 Å². The van der Waals surface area contributed by atoms with Crippen molar-refractivity contribution in [2.75, 3.05) is 10.6 Å². The zero-order valence-electron chi connectivity index (χ0n) is 11.3. The number of urea groups is 1. The molecule has 2 amide bonds. The molecule has 3 rings (SSSR count). The normalized spacial score (nSPS) is 10.8. The highest BCUT2D eigenvalue weighted by molar-refractivity contribution is 7.17. The number of fused-ring (bicyclic) bond motifs is 1. The molecule has 0 fully saturated rings. The predicted octanol–water partition coefficient (Wildman–Crippen LogP) is 3.71. The van der Waals surface area contributed by atoms with Crippen molar-refractivity contribution >= 4 is 45.6 Å². The van der Waals surface area contributed by atoms with Crippen molar-refractivity contribution < 1.29 is 4.79 Å². The van der Waals surface area contributed by atoms with E-state index in [1.165, 1.54) is 11.3 Å². The average Bonchev–Trinajstić information content (AvgIpc) is 2.93. The molecule has 8 heteroatoms. The fraction of sp³-hybridized carbons (Fsp3) is 0.154. The third kappa shape index (κ3) is 2.84. The highest BCUT2D eigenvalue weighted by atomic mass is 35.5. The summed E-state index contributed by atoms with van der Waals surface area (Å²) >= 11 is 7.32. The lowest BCUT2D eigenvalue weighted by molar-refractivity contribution is 0.262. The third-order valence-electron chi connectivity index (χ3n) is 2.98. The minimum Gasteiger partial charge on any atom is -0.308 e. The van der Waals surface area contributed by atoms with Crippen molar-refractivity contribution in [1.29, 1.82) is 0 Å². The number of nitrogens with zero attached hydrogens (tertiary/aromatic N) is 3. The van der Waals surface area contributed by atoms with Crippen LogP contribution in [0.25, 0.3) is 4.96 Å². The third-order valence-corrected chi connectivity index (χ3v) is 4.28. The molecule has 0 atom stereocenters. The van der Waals surface area contributed by atoms with Crippen LogP contribution in [0.4, 0.5) is 16.4 Å². The highest BCUT2D eigenvalue weighted by Gasteiger charge is 2.12. The molecule has 1 aromatic carbocycles. The van der Waals surface area contributed by atoms with Crippen LogP contribution in [0.15, 0.2) is 24.3 Å². The molecule has 2 N–H and O–H groups in total. The van der Waals surface area contributed by atoms with E-state index in [1.807, 2.05) is 13.8 Å². The summed E-state index contributed by atoms with van der Waals surface area (Å²) in [6.45, 7) is 3.97. The zero-order chi connectivity index (χ0) is 15.0. The van der Waals surface area contributed by atoms with Crippen LogP contribution in [0.5, 0.6) is 0 Å². The summed E-state index contributed by atoms with van der Waals surface area (Å²) in [6, 6.07) is 6.44. The molecule has 2 aromatic heterocycles. The van der Waals surface area contributed by atoms with Crippen LogP contribution < -0.4 is 10.6 Å². The van der Waals surface area contributed by atoms with Crippen molar-refractivity contribution in [2.24, 2.45) is 0 Å². The molecule has 6 nitrogen and oxygen atoms in total. The van der Waals surface area contributed by atoms with E-state index in [2.05, 4.69) is 20.7 Å². The number of benzene rings is 1. The van der Waals surface area contributed by atoms with E-state index in [0.717, 1.165) is 15.5 Å². The van der Waals surface area contributed by atoms with Gasteiger partial charge >= 0.3 is 6.03 Å². The number of halogens is 1. The van der Waals surface area contributed by atoms with Crippen molar-refractivity contribution in [3.8, 4) is 0 Å². The van der Waals surface area contributed by atoms with Crippen LogP contribution in [0.3, 0.4) is 0 Å². The summed E-state index contributed by atoms with van der Waals surface area (Å²) in [6.07, 6.45) is 0. The Morgan fingerprint density at radius 3 is 2.62 bits per heavy atom. The Bertz CT molecular complexity index is 808. The number of aryl methyl sites for hydroxylation is 2. The number of hydrogen-bond donors (Lipinski definition) is 2. The first-order valence-corrected chi connectivity index (χ1v) is 7.39. The lowest BCUT2D eigenvalue weighted by Crippen LogP contribution is -2.20. The topological polar surface area (TPSA) is 71.3 Å². The standard InChI is InChI=1S/C13H12ClN5OS/c1-7-8(2)21-13-17-11(18-19(7)13)16-12(20)15-10-5-3-9(14)4-6-10/h3-6H,1-2H3,(H2,15,16,18,20). The summed E-state index contributed by atoms with van der Waals surface area (Å²) in [7, 11) is 0. The van der Waals surface area contributed by atoms with Crippen LogP contribution in [-0.4, -0.2) is 20.6 Å². The van der Waals surface area contributed by atoms with Crippen molar-refractivity contribution in [2.45, 2.75) is 13.8 Å². The van der Waals surface area contributed by atoms with Crippen LogP contribution >= 0.6 is 22.9 Å². The van der Waals surface area contributed by atoms with Crippen molar-refractivity contribution in [3.05, 3.63) is 39.9 Å². The van der Waals surface area contributed by atoms with E-state index in [9.17, 15) is 4.79 Å². The lowest BCUT2D eigenvalue weighted by atomic mass is 10.3. The molecule has 0 aliphatic carbocycles. The van der Waals surface area contributed by atoms with Gasteiger partial charge in [0, 0.05) is 15.6 Å². The number of aromatic nitrogens is 3. The first-order valence-electron chi connectivity index (χ1n) is 6.19. The smallest absolute Gasteiger partial charge is 0.308 e. The number of carbonyl (C=O) groups is 1. The zero-order valence-corrected chi connectivity index (χ0v) is 12.9. The van der Waals surface area contributed by atoms with Gasteiger partial charge in [-0.2, -0.15) is 4.98 Å². The summed E-state index contributed by atoms with van der Waals surface area (Å²) in [4.78, 5) is 18.1. The minimum atomic E-state index is -0.398. The summed E-state index contributed by atoms with van der Waals surface area (Å²) in [5.74, 6) is 0.274. The van der Waals surface area contributed by atoms with Crippen molar-refractivity contribution in [1.82, 2.24) is 14.6 Å². The van der Waals surface area contributed by atoms with Gasteiger partial charge in [0.15, 0.2) is 0 Å². The number of carbonyl (C=O) groups excluding carboxylic acids is 1. The number of hydrogen-bond acceptors (Lipinski definition) is 4.